The maximum absolute atomic E-state index is 11.3. The number of ether oxygens (including phenoxy) is 1. The van der Waals surface area contributed by atoms with E-state index in [1.165, 1.54) is 17.4 Å². The van der Waals surface area contributed by atoms with Crippen LogP contribution < -0.4 is 10.1 Å². The molecule has 1 rings (SSSR count). The van der Waals surface area contributed by atoms with Gasteiger partial charge in [-0.25, -0.2) is 4.79 Å². The number of esters is 1. The first-order chi connectivity index (χ1) is 7.22. The maximum atomic E-state index is 11.3. The van der Waals surface area contributed by atoms with Crippen molar-refractivity contribution in [2.45, 2.75) is 6.92 Å². The molecule has 0 amide bonds. The van der Waals surface area contributed by atoms with Crippen molar-refractivity contribution in [3.05, 3.63) is 41.9 Å². The Hall–Kier alpha value is -1.55. The lowest BCUT2D eigenvalue weighted by atomic mass is 10.4. The molecule has 15 heavy (non-hydrogen) atoms. The average molecular weight is 223 g/mol. The Bertz CT molecular complexity index is 355. The molecule has 0 aliphatic carbocycles. The highest BCUT2D eigenvalue weighted by Gasteiger charge is 2.01. The number of rotatable bonds is 5. The second kappa shape index (κ2) is 6.03. The van der Waals surface area contributed by atoms with Gasteiger partial charge in [0.05, 0.1) is 0 Å². The van der Waals surface area contributed by atoms with E-state index in [1.54, 1.807) is 19.1 Å². The summed E-state index contributed by atoms with van der Waals surface area (Å²) in [5.74, 6) is -0.369. The third-order valence-corrected chi connectivity index (χ3v) is 2.30. The molecular weight excluding hydrogens is 210 g/mol. The summed E-state index contributed by atoms with van der Waals surface area (Å²) >= 11 is 1.39. The van der Waals surface area contributed by atoms with Gasteiger partial charge in [0.25, 0.3) is 0 Å². The molecule has 0 atom stereocenters. The molecule has 0 saturated carbocycles. The van der Waals surface area contributed by atoms with Crippen molar-refractivity contribution in [3.63, 3.8) is 0 Å². The summed E-state index contributed by atoms with van der Waals surface area (Å²) in [6, 6.07) is 3.59. The largest absolute Gasteiger partial charge is 0.412 e. The van der Waals surface area contributed by atoms with Gasteiger partial charge < -0.3 is 10.1 Å². The minimum atomic E-state index is -0.369. The van der Waals surface area contributed by atoms with Crippen LogP contribution in [0.2, 0.25) is 0 Å². The van der Waals surface area contributed by atoms with Gasteiger partial charge in [-0.15, -0.1) is 17.9 Å². The third-order valence-electron chi connectivity index (χ3n) is 1.56. The van der Waals surface area contributed by atoms with Crippen molar-refractivity contribution in [1.29, 1.82) is 0 Å². The smallest absolute Gasteiger partial charge is 0.338 e. The Kier molecular flexibility index (Phi) is 4.63. The zero-order valence-corrected chi connectivity index (χ0v) is 9.34. The van der Waals surface area contributed by atoms with E-state index >= 15 is 0 Å². The Morgan fingerprint density at radius 3 is 3.13 bits per heavy atom. The first-order valence-corrected chi connectivity index (χ1v) is 5.38. The summed E-state index contributed by atoms with van der Waals surface area (Å²) in [5.41, 5.74) is 0.761. The maximum Gasteiger partial charge on any atom is 0.338 e. The highest BCUT2D eigenvalue weighted by atomic mass is 32.1. The van der Waals surface area contributed by atoms with Crippen LogP contribution in [0.3, 0.4) is 0 Å². The molecule has 0 saturated heterocycles. The SMILES string of the molecule is C=CCNC(C)=CC(=O)Oc1cccs1. The molecule has 3 nitrogen and oxygen atoms in total. The first kappa shape index (κ1) is 11.5. The predicted molar refractivity (Wildman–Crippen MR) is 61.9 cm³/mol. The fraction of sp³-hybridized carbons (Fsp3) is 0.182. The van der Waals surface area contributed by atoms with E-state index in [9.17, 15) is 4.79 Å². The lowest BCUT2D eigenvalue weighted by Gasteiger charge is -2.02. The van der Waals surface area contributed by atoms with Gasteiger partial charge in [-0.3, -0.25) is 0 Å². The minimum absolute atomic E-state index is 0.369. The van der Waals surface area contributed by atoms with E-state index in [-0.39, 0.29) is 5.97 Å². The van der Waals surface area contributed by atoms with E-state index < -0.39 is 0 Å². The molecule has 0 fully saturated rings. The van der Waals surface area contributed by atoms with Gasteiger partial charge >= 0.3 is 5.97 Å². The van der Waals surface area contributed by atoms with Gasteiger partial charge in [-0.2, -0.15) is 0 Å². The van der Waals surface area contributed by atoms with E-state index in [4.69, 9.17) is 4.74 Å². The molecule has 0 spiro atoms. The molecule has 0 bridgehead atoms. The quantitative estimate of drug-likeness (QED) is 0.473. The molecular formula is C11H13NO2S. The standard InChI is InChI=1S/C11H13NO2S/c1-3-6-12-9(2)8-10(13)14-11-5-4-7-15-11/h3-5,7-8,12H,1,6H2,2H3. The van der Waals surface area contributed by atoms with Crippen molar-refractivity contribution in [1.82, 2.24) is 5.32 Å². The van der Waals surface area contributed by atoms with Crippen LogP contribution in [0.4, 0.5) is 0 Å². The van der Waals surface area contributed by atoms with E-state index in [1.807, 2.05) is 11.4 Å². The van der Waals surface area contributed by atoms with Crippen molar-refractivity contribution in [3.8, 4) is 5.06 Å². The molecule has 0 aliphatic heterocycles. The Morgan fingerprint density at radius 1 is 1.73 bits per heavy atom. The van der Waals surface area contributed by atoms with Gasteiger partial charge in [-0.1, -0.05) is 6.08 Å². The summed E-state index contributed by atoms with van der Waals surface area (Å²) in [5, 5.41) is 5.45. The molecule has 1 heterocycles. The number of hydrogen-bond donors (Lipinski definition) is 1. The van der Waals surface area contributed by atoms with Crippen molar-refractivity contribution in [2.75, 3.05) is 6.54 Å². The third kappa shape index (κ3) is 4.46. The van der Waals surface area contributed by atoms with Crippen LogP contribution in [0.25, 0.3) is 0 Å². The van der Waals surface area contributed by atoms with Crippen LogP contribution in [-0.2, 0) is 4.79 Å². The molecule has 0 aliphatic rings. The number of nitrogens with one attached hydrogen (secondary N) is 1. The van der Waals surface area contributed by atoms with E-state index in [0.717, 1.165) is 5.70 Å². The topological polar surface area (TPSA) is 38.3 Å². The van der Waals surface area contributed by atoms with Crippen molar-refractivity contribution >= 4 is 17.3 Å². The van der Waals surface area contributed by atoms with Crippen molar-refractivity contribution < 1.29 is 9.53 Å². The summed E-state index contributed by atoms with van der Waals surface area (Å²) in [6.45, 7) is 6.01. The number of carbonyl (C=O) groups is 1. The van der Waals surface area contributed by atoms with Crippen LogP contribution in [-0.4, -0.2) is 12.5 Å². The van der Waals surface area contributed by atoms with Crippen LogP contribution in [0.1, 0.15) is 6.92 Å². The average Bonchev–Trinajstić information content (AvgIpc) is 2.67. The molecule has 0 radical (unpaired) electrons. The van der Waals surface area contributed by atoms with Gasteiger partial charge in [0, 0.05) is 18.3 Å². The van der Waals surface area contributed by atoms with Gasteiger partial charge in [-0.05, 0) is 24.4 Å². The zero-order valence-electron chi connectivity index (χ0n) is 8.53. The zero-order chi connectivity index (χ0) is 11.1. The summed E-state index contributed by atoms with van der Waals surface area (Å²) in [7, 11) is 0. The molecule has 4 heteroatoms. The van der Waals surface area contributed by atoms with E-state index in [2.05, 4.69) is 11.9 Å². The van der Waals surface area contributed by atoms with Gasteiger partial charge in [0.2, 0.25) is 0 Å². The second-order valence-corrected chi connectivity index (χ2v) is 3.76. The predicted octanol–water partition coefficient (Wildman–Crippen LogP) is 2.33. The first-order valence-electron chi connectivity index (χ1n) is 4.50. The Labute approximate surface area is 93.1 Å². The van der Waals surface area contributed by atoms with E-state index in [0.29, 0.717) is 11.6 Å². The number of allylic oxidation sites excluding steroid dienone is 1. The van der Waals surface area contributed by atoms with Crippen LogP contribution >= 0.6 is 11.3 Å². The van der Waals surface area contributed by atoms with Gasteiger partial charge in [0.1, 0.15) is 0 Å². The van der Waals surface area contributed by atoms with Crippen molar-refractivity contribution in [2.24, 2.45) is 0 Å². The molecule has 1 aromatic rings. The van der Waals surface area contributed by atoms with Crippen LogP contribution in [0, 0.1) is 0 Å². The summed E-state index contributed by atoms with van der Waals surface area (Å²) in [6.07, 6.45) is 3.14. The number of carbonyl (C=O) groups excluding carboxylic acids is 1. The molecule has 1 aromatic heterocycles. The second-order valence-electron chi connectivity index (χ2n) is 2.85. The number of thiophene rings is 1. The monoisotopic (exact) mass is 223 g/mol. The Morgan fingerprint density at radius 2 is 2.53 bits per heavy atom. The molecule has 80 valence electrons. The summed E-state index contributed by atoms with van der Waals surface area (Å²) in [4.78, 5) is 11.3. The van der Waals surface area contributed by atoms with Crippen LogP contribution in [0.15, 0.2) is 41.9 Å². The highest BCUT2D eigenvalue weighted by Crippen LogP contribution is 2.18. The number of hydrogen-bond acceptors (Lipinski definition) is 4. The lowest BCUT2D eigenvalue weighted by molar-refractivity contribution is -0.128. The fourth-order valence-electron chi connectivity index (χ4n) is 0.911. The lowest BCUT2D eigenvalue weighted by Crippen LogP contribution is -2.13. The van der Waals surface area contributed by atoms with Crippen LogP contribution in [0.5, 0.6) is 5.06 Å². The minimum Gasteiger partial charge on any atom is -0.412 e. The fourth-order valence-corrected chi connectivity index (χ4v) is 1.49. The Balaban J connectivity index is 2.44. The molecule has 0 unspecified atom stereocenters. The molecule has 0 aromatic carbocycles. The van der Waals surface area contributed by atoms with Gasteiger partial charge in [0.15, 0.2) is 5.06 Å². The molecule has 1 N–H and O–H groups in total. The summed E-state index contributed by atoms with van der Waals surface area (Å²) < 4.78 is 5.04. The normalized spacial score (nSPS) is 10.9. The highest BCUT2D eigenvalue weighted by molar-refractivity contribution is 7.11.